The third-order valence-corrected chi connectivity index (χ3v) is 2.75. The maximum Gasteiger partial charge on any atom is 0.120 e. The zero-order chi connectivity index (χ0) is 9.97. The largest absolute Gasteiger partial charge is 0.497 e. The van der Waals surface area contributed by atoms with E-state index in [1.807, 2.05) is 12.1 Å². The van der Waals surface area contributed by atoms with E-state index in [4.69, 9.17) is 10.5 Å². The molecule has 0 fully saturated rings. The predicted molar refractivity (Wildman–Crippen MR) is 57.9 cm³/mol. The van der Waals surface area contributed by atoms with Crippen LogP contribution in [0.25, 0.3) is 0 Å². The molecule has 0 aromatic heterocycles. The van der Waals surface area contributed by atoms with Crippen LogP contribution in [0.2, 0.25) is 0 Å². The normalized spacial score (nSPS) is 18.9. The van der Waals surface area contributed by atoms with Gasteiger partial charge in [-0.05, 0) is 24.6 Å². The van der Waals surface area contributed by atoms with Gasteiger partial charge in [-0.25, -0.2) is 0 Å². The van der Waals surface area contributed by atoms with E-state index in [0.717, 1.165) is 25.3 Å². The number of benzene rings is 1. The van der Waals surface area contributed by atoms with Crippen LogP contribution in [0, 0.1) is 0 Å². The Labute approximate surface area is 84.3 Å². The second-order valence-electron chi connectivity index (χ2n) is 3.61. The van der Waals surface area contributed by atoms with E-state index < -0.39 is 0 Å². The van der Waals surface area contributed by atoms with Crippen LogP contribution in [0.15, 0.2) is 18.2 Å². The number of hydrogen-bond donors (Lipinski definition) is 2. The second-order valence-corrected chi connectivity index (χ2v) is 3.61. The van der Waals surface area contributed by atoms with Gasteiger partial charge < -0.3 is 15.8 Å². The Balaban J connectivity index is 2.24. The Hall–Kier alpha value is -1.22. The van der Waals surface area contributed by atoms with Crippen molar-refractivity contribution >= 4 is 5.69 Å². The summed E-state index contributed by atoms with van der Waals surface area (Å²) in [6, 6.07) is 6.19. The molecule has 0 aliphatic carbocycles. The van der Waals surface area contributed by atoms with Gasteiger partial charge in [0.1, 0.15) is 5.75 Å². The van der Waals surface area contributed by atoms with Gasteiger partial charge in [0, 0.05) is 24.2 Å². The predicted octanol–water partition coefficient (Wildman–Crippen LogP) is 1.55. The zero-order valence-corrected chi connectivity index (χ0v) is 8.42. The van der Waals surface area contributed by atoms with Crippen LogP contribution in [-0.2, 0) is 0 Å². The van der Waals surface area contributed by atoms with Crippen molar-refractivity contribution < 1.29 is 4.74 Å². The first-order chi connectivity index (χ1) is 6.85. The summed E-state index contributed by atoms with van der Waals surface area (Å²) in [7, 11) is 1.69. The monoisotopic (exact) mass is 192 g/mol. The average Bonchev–Trinajstić information content (AvgIpc) is 2.61. The first kappa shape index (κ1) is 9.34. The number of nitrogens with two attached hydrogens (primary N) is 1. The lowest BCUT2D eigenvalue weighted by Gasteiger charge is -2.08. The van der Waals surface area contributed by atoms with Gasteiger partial charge in [0.15, 0.2) is 0 Å². The molecule has 1 aromatic rings. The lowest BCUT2D eigenvalue weighted by atomic mass is 9.98. The van der Waals surface area contributed by atoms with E-state index in [0.29, 0.717) is 5.92 Å². The molecule has 2 rings (SSSR count). The number of anilines is 1. The molecule has 76 valence electrons. The average molecular weight is 192 g/mol. The molecule has 3 heteroatoms. The molecular formula is C11H16N2O. The summed E-state index contributed by atoms with van der Waals surface area (Å²) in [5.74, 6) is 1.48. The molecule has 0 saturated heterocycles. The van der Waals surface area contributed by atoms with E-state index in [2.05, 4.69) is 11.4 Å². The standard InChI is InChI=1S/C11H16N2O/c1-14-9-2-3-10-8(4-5-12)7-13-11(10)6-9/h2-3,6,8,13H,4-5,7,12H2,1H3. The van der Waals surface area contributed by atoms with E-state index in [1.165, 1.54) is 11.3 Å². The van der Waals surface area contributed by atoms with Crippen LogP contribution in [0.5, 0.6) is 5.75 Å². The number of hydrogen-bond acceptors (Lipinski definition) is 3. The second kappa shape index (κ2) is 3.88. The van der Waals surface area contributed by atoms with E-state index >= 15 is 0 Å². The number of fused-ring (bicyclic) bond motifs is 1. The fraction of sp³-hybridized carbons (Fsp3) is 0.455. The smallest absolute Gasteiger partial charge is 0.120 e. The summed E-state index contributed by atoms with van der Waals surface area (Å²) >= 11 is 0. The van der Waals surface area contributed by atoms with E-state index in [9.17, 15) is 0 Å². The molecule has 0 bridgehead atoms. The topological polar surface area (TPSA) is 47.3 Å². The summed E-state index contributed by atoms with van der Waals surface area (Å²) in [4.78, 5) is 0. The summed E-state index contributed by atoms with van der Waals surface area (Å²) in [6.45, 7) is 1.75. The van der Waals surface area contributed by atoms with Crippen molar-refractivity contribution in [1.29, 1.82) is 0 Å². The summed E-state index contributed by atoms with van der Waals surface area (Å²) in [5.41, 5.74) is 8.14. The van der Waals surface area contributed by atoms with Crippen LogP contribution in [-0.4, -0.2) is 20.2 Å². The van der Waals surface area contributed by atoms with Crippen LogP contribution in [0.4, 0.5) is 5.69 Å². The lowest BCUT2D eigenvalue weighted by Crippen LogP contribution is -2.08. The Morgan fingerprint density at radius 1 is 1.57 bits per heavy atom. The molecule has 1 aliphatic rings. The first-order valence-electron chi connectivity index (χ1n) is 4.97. The van der Waals surface area contributed by atoms with Crippen molar-refractivity contribution in [3.8, 4) is 5.75 Å². The van der Waals surface area contributed by atoms with Crippen molar-refractivity contribution in [2.75, 3.05) is 25.5 Å². The fourth-order valence-electron chi connectivity index (χ4n) is 1.97. The third-order valence-electron chi connectivity index (χ3n) is 2.75. The summed E-state index contributed by atoms with van der Waals surface area (Å²) in [5, 5.41) is 3.37. The first-order valence-corrected chi connectivity index (χ1v) is 4.97. The number of ether oxygens (including phenoxy) is 1. The molecule has 14 heavy (non-hydrogen) atoms. The molecule has 0 spiro atoms. The van der Waals surface area contributed by atoms with E-state index in [1.54, 1.807) is 7.11 Å². The SMILES string of the molecule is COc1ccc2c(c1)NCC2CCN. The third kappa shape index (κ3) is 1.55. The van der Waals surface area contributed by atoms with Gasteiger partial charge in [-0.1, -0.05) is 6.07 Å². The molecule has 0 amide bonds. The highest BCUT2D eigenvalue weighted by atomic mass is 16.5. The molecule has 1 heterocycles. The maximum atomic E-state index is 5.57. The minimum atomic E-state index is 0.570. The van der Waals surface area contributed by atoms with Crippen LogP contribution in [0.1, 0.15) is 17.9 Å². The lowest BCUT2D eigenvalue weighted by molar-refractivity contribution is 0.415. The van der Waals surface area contributed by atoms with Crippen LogP contribution in [0.3, 0.4) is 0 Å². The maximum absolute atomic E-state index is 5.57. The molecule has 0 saturated carbocycles. The van der Waals surface area contributed by atoms with Crippen molar-refractivity contribution in [1.82, 2.24) is 0 Å². The molecule has 1 atom stereocenters. The van der Waals surface area contributed by atoms with Crippen molar-refractivity contribution in [2.45, 2.75) is 12.3 Å². The highest BCUT2D eigenvalue weighted by Gasteiger charge is 2.21. The fourth-order valence-corrected chi connectivity index (χ4v) is 1.97. The highest BCUT2D eigenvalue weighted by molar-refractivity contribution is 5.60. The Morgan fingerprint density at radius 2 is 2.43 bits per heavy atom. The van der Waals surface area contributed by atoms with Gasteiger partial charge in [-0.15, -0.1) is 0 Å². The van der Waals surface area contributed by atoms with Crippen molar-refractivity contribution in [2.24, 2.45) is 5.73 Å². The molecule has 1 unspecified atom stereocenters. The van der Waals surface area contributed by atoms with Gasteiger partial charge in [0.2, 0.25) is 0 Å². The zero-order valence-electron chi connectivity index (χ0n) is 8.42. The van der Waals surface area contributed by atoms with Gasteiger partial charge >= 0.3 is 0 Å². The van der Waals surface area contributed by atoms with Gasteiger partial charge in [0.25, 0.3) is 0 Å². The molecule has 1 aliphatic heterocycles. The van der Waals surface area contributed by atoms with Crippen LogP contribution >= 0.6 is 0 Å². The van der Waals surface area contributed by atoms with Gasteiger partial charge in [-0.3, -0.25) is 0 Å². The number of methoxy groups -OCH3 is 1. The van der Waals surface area contributed by atoms with Crippen LogP contribution < -0.4 is 15.8 Å². The minimum Gasteiger partial charge on any atom is -0.497 e. The van der Waals surface area contributed by atoms with Crippen molar-refractivity contribution in [3.05, 3.63) is 23.8 Å². The Bertz CT molecular complexity index is 325. The number of rotatable bonds is 3. The quantitative estimate of drug-likeness (QED) is 0.764. The van der Waals surface area contributed by atoms with Gasteiger partial charge in [0.05, 0.1) is 7.11 Å². The summed E-state index contributed by atoms with van der Waals surface area (Å²) in [6.07, 6.45) is 1.05. The summed E-state index contributed by atoms with van der Waals surface area (Å²) < 4.78 is 5.17. The highest BCUT2D eigenvalue weighted by Crippen LogP contribution is 2.35. The van der Waals surface area contributed by atoms with E-state index in [-0.39, 0.29) is 0 Å². The van der Waals surface area contributed by atoms with Gasteiger partial charge in [-0.2, -0.15) is 0 Å². The molecule has 0 radical (unpaired) electrons. The molecule has 3 nitrogen and oxygen atoms in total. The Morgan fingerprint density at radius 3 is 3.14 bits per heavy atom. The minimum absolute atomic E-state index is 0.570. The molecule has 3 N–H and O–H groups in total. The van der Waals surface area contributed by atoms with Crippen molar-refractivity contribution in [3.63, 3.8) is 0 Å². The number of nitrogens with one attached hydrogen (secondary N) is 1. The molecule has 1 aromatic carbocycles. The Kier molecular flexibility index (Phi) is 2.59. The molecular weight excluding hydrogens is 176 g/mol.